The number of carbonyl (C=O) groups is 1. The largest absolute Gasteiger partial charge is 0.507 e. The number of phenols is 2. The second kappa shape index (κ2) is 8.08. The zero-order chi connectivity index (χ0) is 21.5. The van der Waals surface area contributed by atoms with E-state index >= 15 is 0 Å². The predicted molar refractivity (Wildman–Crippen MR) is 116 cm³/mol. The molecule has 3 aliphatic heterocycles. The van der Waals surface area contributed by atoms with Gasteiger partial charge in [0, 0.05) is 42.5 Å². The van der Waals surface area contributed by atoms with Crippen LogP contribution in [0.4, 0.5) is 0 Å². The van der Waals surface area contributed by atoms with Crippen LogP contribution in [0.3, 0.4) is 0 Å². The molecule has 3 aliphatic rings. The van der Waals surface area contributed by atoms with E-state index in [0.29, 0.717) is 42.2 Å². The van der Waals surface area contributed by atoms with Crippen LogP contribution in [0, 0.1) is 0 Å². The summed E-state index contributed by atoms with van der Waals surface area (Å²) in [5.74, 6) is 0.360. The van der Waals surface area contributed by atoms with Gasteiger partial charge in [-0.25, -0.2) is 0 Å². The number of fused-ring (bicyclic) bond motifs is 9. The van der Waals surface area contributed by atoms with Crippen molar-refractivity contribution in [3.8, 4) is 28.4 Å². The number of benzene rings is 2. The Morgan fingerprint density at radius 2 is 1.97 bits per heavy atom. The number of carbonyl (C=O) groups excluding carboxylic acids is 1. The summed E-state index contributed by atoms with van der Waals surface area (Å²) in [6.45, 7) is 0.980. The number of aromatic hydroxyl groups is 2. The Balaban J connectivity index is 1.73. The molecule has 5 rings (SSSR count). The molecule has 0 aromatic heterocycles. The number of aryl methyl sites for hydroxylation is 1. The molecule has 4 bridgehead atoms. The Kier molecular flexibility index (Phi) is 5.26. The molecule has 6 heteroatoms. The fourth-order valence-corrected chi connectivity index (χ4v) is 5.62. The number of esters is 1. The summed E-state index contributed by atoms with van der Waals surface area (Å²) in [6.07, 6.45) is 5.63. The maximum atomic E-state index is 12.6. The van der Waals surface area contributed by atoms with Crippen LogP contribution in [0.2, 0.25) is 0 Å². The minimum Gasteiger partial charge on any atom is -0.507 e. The van der Waals surface area contributed by atoms with Gasteiger partial charge in [0.15, 0.2) is 11.5 Å². The number of methoxy groups -OCH3 is 1. The van der Waals surface area contributed by atoms with Crippen molar-refractivity contribution in [1.29, 1.82) is 0 Å². The first-order valence-electron chi connectivity index (χ1n) is 11.2. The van der Waals surface area contributed by atoms with Crippen molar-refractivity contribution in [2.24, 2.45) is 0 Å². The van der Waals surface area contributed by atoms with Crippen LogP contribution < -0.4 is 4.74 Å². The molecule has 164 valence electrons. The van der Waals surface area contributed by atoms with Gasteiger partial charge in [-0.05, 0) is 55.1 Å². The number of ether oxygens (including phenoxy) is 2. The van der Waals surface area contributed by atoms with Crippen LogP contribution in [0.15, 0.2) is 30.3 Å². The summed E-state index contributed by atoms with van der Waals surface area (Å²) in [6, 6.07) is 9.45. The van der Waals surface area contributed by atoms with Crippen LogP contribution in [-0.2, 0) is 16.0 Å². The Morgan fingerprint density at radius 3 is 2.81 bits per heavy atom. The van der Waals surface area contributed by atoms with E-state index < -0.39 is 0 Å². The Morgan fingerprint density at radius 1 is 1.10 bits per heavy atom. The molecular formula is C25H29NO5. The van der Waals surface area contributed by atoms with Gasteiger partial charge in [0.25, 0.3) is 0 Å². The standard InChI is InChI=1S/C25H29NO5/c1-30-22-9-7-18-20-14-17(13-16-4-2-3-11-26(16)20)31-23(28)10-6-15-5-8-21(27)19(12-15)24(18)25(22)29/h5,7-9,12,16-17,20,27,29H,2-4,6,10-11,13-14H2,1H3/t16-,17+,20+/m0/s1. The first kappa shape index (κ1) is 20.2. The van der Waals surface area contributed by atoms with E-state index in [1.807, 2.05) is 18.2 Å². The molecule has 2 fully saturated rings. The SMILES string of the molecule is COc1ccc2c(c1O)-c1cc(ccc1O)CCC(=O)O[C@@H]1C[C@@H]3CCCCN3[C@@H]2C1. The van der Waals surface area contributed by atoms with E-state index in [2.05, 4.69) is 4.90 Å². The Bertz CT molecular complexity index is 1000. The molecule has 2 aromatic rings. The van der Waals surface area contributed by atoms with Crippen molar-refractivity contribution in [3.05, 3.63) is 41.5 Å². The van der Waals surface area contributed by atoms with E-state index in [0.717, 1.165) is 36.9 Å². The third kappa shape index (κ3) is 3.63. The molecular weight excluding hydrogens is 394 g/mol. The van der Waals surface area contributed by atoms with Gasteiger partial charge in [-0.3, -0.25) is 9.69 Å². The smallest absolute Gasteiger partial charge is 0.306 e. The van der Waals surface area contributed by atoms with Gasteiger partial charge >= 0.3 is 5.97 Å². The van der Waals surface area contributed by atoms with Gasteiger partial charge in [0.2, 0.25) is 0 Å². The summed E-state index contributed by atoms with van der Waals surface area (Å²) in [7, 11) is 1.53. The minimum absolute atomic E-state index is 0.00820. The summed E-state index contributed by atoms with van der Waals surface area (Å²) >= 11 is 0. The Hall–Kier alpha value is -2.73. The summed E-state index contributed by atoms with van der Waals surface area (Å²) in [5, 5.41) is 21.9. The lowest BCUT2D eigenvalue weighted by Crippen LogP contribution is -2.49. The number of piperidine rings is 2. The molecule has 2 saturated heterocycles. The molecule has 0 aliphatic carbocycles. The van der Waals surface area contributed by atoms with Gasteiger partial charge in [-0.2, -0.15) is 0 Å². The molecule has 31 heavy (non-hydrogen) atoms. The first-order valence-corrected chi connectivity index (χ1v) is 11.2. The van der Waals surface area contributed by atoms with Gasteiger partial charge in [-0.15, -0.1) is 0 Å². The lowest BCUT2D eigenvalue weighted by atomic mass is 9.81. The molecule has 0 spiro atoms. The van der Waals surface area contributed by atoms with E-state index in [-0.39, 0.29) is 29.6 Å². The van der Waals surface area contributed by atoms with Crippen LogP contribution in [0.1, 0.15) is 55.7 Å². The monoisotopic (exact) mass is 423 g/mol. The molecule has 2 N–H and O–H groups in total. The number of rotatable bonds is 1. The molecule has 6 nitrogen and oxygen atoms in total. The minimum atomic E-state index is -0.166. The van der Waals surface area contributed by atoms with Crippen molar-refractivity contribution < 1.29 is 24.5 Å². The van der Waals surface area contributed by atoms with Crippen LogP contribution in [0.5, 0.6) is 17.2 Å². The zero-order valence-electron chi connectivity index (χ0n) is 17.8. The summed E-state index contributed by atoms with van der Waals surface area (Å²) in [4.78, 5) is 15.1. The van der Waals surface area contributed by atoms with E-state index in [1.54, 1.807) is 12.1 Å². The zero-order valence-corrected chi connectivity index (χ0v) is 17.8. The summed E-state index contributed by atoms with van der Waals surface area (Å²) < 4.78 is 11.3. The molecule has 2 aromatic carbocycles. The fraction of sp³-hybridized carbons (Fsp3) is 0.480. The maximum Gasteiger partial charge on any atom is 0.306 e. The summed E-state index contributed by atoms with van der Waals surface area (Å²) in [5.41, 5.74) is 3.05. The maximum absolute atomic E-state index is 12.6. The van der Waals surface area contributed by atoms with Crippen LogP contribution in [-0.4, -0.2) is 46.9 Å². The molecule has 0 amide bonds. The highest BCUT2D eigenvalue weighted by Gasteiger charge is 2.40. The van der Waals surface area contributed by atoms with Gasteiger partial charge in [-0.1, -0.05) is 18.6 Å². The highest BCUT2D eigenvalue weighted by molar-refractivity contribution is 5.82. The van der Waals surface area contributed by atoms with Crippen molar-refractivity contribution in [1.82, 2.24) is 4.90 Å². The molecule has 0 saturated carbocycles. The third-order valence-electron chi connectivity index (χ3n) is 7.09. The molecule has 3 atom stereocenters. The lowest BCUT2D eigenvalue weighted by molar-refractivity contribution is -0.154. The highest BCUT2D eigenvalue weighted by atomic mass is 16.5. The second-order valence-corrected chi connectivity index (χ2v) is 8.92. The predicted octanol–water partition coefficient (Wildman–Crippen LogP) is 4.32. The van der Waals surface area contributed by atoms with E-state index in [1.165, 1.54) is 13.5 Å². The first-order chi connectivity index (χ1) is 15.0. The fourth-order valence-electron chi connectivity index (χ4n) is 5.62. The topological polar surface area (TPSA) is 79.2 Å². The van der Waals surface area contributed by atoms with Crippen molar-refractivity contribution in [2.75, 3.05) is 13.7 Å². The van der Waals surface area contributed by atoms with Crippen molar-refractivity contribution >= 4 is 5.97 Å². The highest BCUT2D eigenvalue weighted by Crippen LogP contribution is 2.49. The van der Waals surface area contributed by atoms with Crippen molar-refractivity contribution in [2.45, 2.75) is 63.1 Å². The molecule has 3 heterocycles. The number of hydrogen-bond donors (Lipinski definition) is 2. The molecule has 0 unspecified atom stereocenters. The normalized spacial score (nSPS) is 26.0. The van der Waals surface area contributed by atoms with Crippen LogP contribution >= 0.6 is 0 Å². The number of phenolic OH excluding ortho intramolecular Hbond substituents is 2. The second-order valence-electron chi connectivity index (χ2n) is 8.92. The number of hydrogen-bond acceptors (Lipinski definition) is 6. The van der Waals surface area contributed by atoms with E-state index in [4.69, 9.17) is 9.47 Å². The lowest BCUT2D eigenvalue weighted by Gasteiger charge is -2.48. The van der Waals surface area contributed by atoms with Gasteiger partial charge in [0.05, 0.1) is 7.11 Å². The van der Waals surface area contributed by atoms with Gasteiger partial charge < -0.3 is 19.7 Å². The average molecular weight is 424 g/mol. The quantitative estimate of drug-likeness (QED) is 0.665. The number of nitrogens with zero attached hydrogens (tertiary/aromatic N) is 1. The van der Waals surface area contributed by atoms with Crippen molar-refractivity contribution in [3.63, 3.8) is 0 Å². The van der Waals surface area contributed by atoms with Crippen LogP contribution in [0.25, 0.3) is 11.1 Å². The van der Waals surface area contributed by atoms with E-state index in [9.17, 15) is 15.0 Å². The third-order valence-corrected chi connectivity index (χ3v) is 7.09. The average Bonchev–Trinajstić information content (AvgIpc) is 2.77. The molecule has 0 radical (unpaired) electrons. The van der Waals surface area contributed by atoms with Gasteiger partial charge in [0.1, 0.15) is 11.9 Å². The Labute approximate surface area is 182 Å².